The highest BCUT2D eigenvalue weighted by Crippen LogP contribution is 2.06. The monoisotopic (exact) mass is 445 g/mol. The predicted molar refractivity (Wildman–Crippen MR) is 144 cm³/mol. The fourth-order valence-corrected chi connectivity index (χ4v) is 2.79. The zero-order chi connectivity index (χ0) is 24.5. The van der Waals surface area contributed by atoms with E-state index < -0.39 is 0 Å². The van der Waals surface area contributed by atoms with Crippen molar-refractivity contribution in [2.75, 3.05) is 20.6 Å². The second-order valence-electron chi connectivity index (χ2n) is 8.48. The van der Waals surface area contributed by atoms with E-state index in [0.29, 0.717) is 0 Å². The van der Waals surface area contributed by atoms with Crippen molar-refractivity contribution in [3.63, 3.8) is 0 Å². The normalized spacial score (nSPS) is 9.66. The van der Waals surface area contributed by atoms with Gasteiger partial charge in [0.25, 0.3) is 0 Å². The van der Waals surface area contributed by atoms with Gasteiger partial charge in [-0.25, -0.2) is 4.39 Å². The Morgan fingerprint density at radius 1 is 0.562 bits per heavy atom. The van der Waals surface area contributed by atoms with Crippen LogP contribution in [0.4, 0.5) is 4.39 Å². The Morgan fingerprint density at radius 3 is 1.44 bits per heavy atom. The maximum atomic E-state index is 12.4. The van der Waals surface area contributed by atoms with E-state index in [0.717, 1.165) is 6.42 Å². The van der Waals surface area contributed by atoms with Crippen LogP contribution < -0.4 is 0 Å². The zero-order valence-electron chi connectivity index (χ0n) is 22.3. The molecule has 0 fully saturated rings. The lowest BCUT2D eigenvalue weighted by atomic mass is 10.1. The molecule has 0 atom stereocenters. The number of unbranched alkanes of at least 4 members (excludes halogenated alkanes) is 4. The zero-order valence-corrected chi connectivity index (χ0v) is 22.3. The Balaban J connectivity index is 0. The number of halogens is 1. The lowest BCUT2D eigenvalue weighted by Gasteiger charge is -2.05. The van der Waals surface area contributed by atoms with Gasteiger partial charge in [-0.15, -0.1) is 0 Å². The van der Waals surface area contributed by atoms with Crippen LogP contribution in [-0.4, -0.2) is 25.5 Å². The van der Waals surface area contributed by atoms with Gasteiger partial charge in [-0.05, 0) is 69.6 Å². The number of benzene rings is 2. The summed E-state index contributed by atoms with van der Waals surface area (Å²) in [6.45, 7) is 12.2. The quantitative estimate of drug-likeness (QED) is 0.352. The Labute approximate surface area is 200 Å². The minimum Gasteiger partial charge on any atom is -0.309 e. The minimum absolute atomic E-state index is 0.148. The van der Waals surface area contributed by atoms with E-state index in [9.17, 15) is 4.39 Å². The molecule has 0 aliphatic heterocycles. The molecule has 0 aromatic heterocycles. The van der Waals surface area contributed by atoms with E-state index in [1.807, 2.05) is 12.1 Å². The second-order valence-corrected chi connectivity index (χ2v) is 8.48. The number of nitrogens with zero attached hydrogens (tertiary/aromatic N) is 1. The number of hydrogen-bond donors (Lipinski definition) is 0. The number of aryl methyl sites for hydroxylation is 2. The fraction of sp³-hybridized carbons (Fsp3) is 0.600. The SMILES string of the molecule is CCCCC.CCCCN(C)C.CCCCc1ccc(F)cc1.CCCc1ccccc1. The van der Waals surface area contributed by atoms with E-state index in [1.165, 1.54) is 87.6 Å². The van der Waals surface area contributed by atoms with E-state index >= 15 is 0 Å². The molecule has 1 nitrogen and oxygen atoms in total. The van der Waals surface area contributed by atoms with Crippen molar-refractivity contribution >= 4 is 0 Å². The van der Waals surface area contributed by atoms with E-state index in [2.05, 4.69) is 83.9 Å². The molecule has 2 aromatic rings. The molecule has 0 amide bonds. The molecule has 0 saturated carbocycles. The van der Waals surface area contributed by atoms with Crippen LogP contribution >= 0.6 is 0 Å². The summed E-state index contributed by atoms with van der Waals surface area (Å²) >= 11 is 0. The second kappa shape index (κ2) is 25.6. The van der Waals surface area contributed by atoms with Crippen LogP contribution in [0.3, 0.4) is 0 Å². The summed E-state index contributed by atoms with van der Waals surface area (Å²) in [7, 11) is 4.21. The van der Waals surface area contributed by atoms with Gasteiger partial charge in [0, 0.05) is 0 Å². The van der Waals surface area contributed by atoms with Gasteiger partial charge in [-0.3, -0.25) is 0 Å². The van der Waals surface area contributed by atoms with Crippen molar-refractivity contribution in [1.29, 1.82) is 0 Å². The highest BCUT2D eigenvalue weighted by molar-refractivity contribution is 5.16. The summed E-state index contributed by atoms with van der Waals surface area (Å²) in [5, 5.41) is 0. The van der Waals surface area contributed by atoms with Crippen LogP contribution in [0.15, 0.2) is 54.6 Å². The average Bonchev–Trinajstić information content (AvgIpc) is 2.80. The molecule has 0 heterocycles. The maximum Gasteiger partial charge on any atom is 0.123 e. The van der Waals surface area contributed by atoms with Gasteiger partial charge in [0.1, 0.15) is 5.82 Å². The molecule has 0 aliphatic rings. The number of rotatable bonds is 10. The first kappa shape index (κ1) is 32.5. The van der Waals surface area contributed by atoms with E-state index in [1.54, 1.807) is 0 Å². The predicted octanol–water partition coefficient (Wildman–Crippen LogP) is 9.35. The first-order valence-electron chi connectivity index (χ1n) is 12.9. The topological polar surface area (TPSA) is 3.24 Å². The summed E-state index contributed by atoms with van der Waals surface area (Å²) < 4.78 is 12.4. The third-order valence-corrected chi connectivity index (χ3v) is 4.78. The van der Waals surface area contributed by atoms with E-state index in [-0.39, 0.29) is 5.82 Å². The summed E-state index contributed by atoms with van der Waals surface area (Å²) in [6.07, 6.45) is 12.6. The summed E-state index contributed by atoms with van der Waals surface area (Å²) in [5.74, 6) is -0.148. The summed E-state index contributed by atoms with van der Waals surface area (Å²) in [6, 6.07) is 17.3. The minimum atomic E-state index is -0.148. The van der Waals surface area contributed by atoms with E-state index in [4.69, 9.17) is 0 Å². The van der Waals surface area contributed by atoms with Crippen LogP contribution in [0.25, 0.3) is 0 Å². The Kier molecular flexibility index (Phi) is 26.0. The van der Waals surface area contributed by atoms with Gasteiger partial charge in [0.15, 0.2) is 0 Å². The molecule has 184 valence electrons. The standard InChI is InChI=1S/C10H13F.C9H12.C6H15N.C5H12/c1-2-3-4-9-5-7-10(11)8-6-9;1-2-6-9-7-4-3-5-8-9;1-4-5-6-7(2)3;1-3-5-4-2/h5-8H,2-4H2,1H3;3-5,7-8H,2,6H2,1H3;4-6H2,1-3H3;3-5H2,1-2H3. The fourth-order valence-electron chi connectivity index (χ4n) is 2.79. The Hall–Kier alpha value is -1.67. The molecule has 2 aromatic carbocycles. The molecular formula is C30H52FN. The molecule has 32 heavy (non-hydrogen) atoms. The number of hydrogen-bond acceptors (Lipinski definition) is 1. The smallest absolute Gasteiger partial charge is 0.123 e. The van der Waals surface area contributed by atoms with Crippen molar-refractivity contribution in [3.05, 3.63) is 71.5 Å². The Bertz CT molecular complexity index is 576. The summed E-state index contributed by atoms with van der Waals surface area (Å²) in [5.41, 5.74) is 2.67. The van der Waals surface area contributed by atoms with Gasteiger partial charge in [0.05, 0.1) is 0 Å². The molecule has 0 N–H and O–H groups in total. The van der Waals surface area contributed by atoms with Crippen LogP contribution in [0.1, 0.15) is 97.1 Å². The molecule has 0 spiro atoms. The van der Waals surface area contributed by atoms with Crippen LogP contribution in [-0.2, 0) is 12.8 Å². The molecule has 2 heteroatoms. The molecule has 0 unspecified atom stereocenters. The van der Waals surface area contributed by atoms with Gasteiger partial charge >= 0.3 is 0 Å². The highest BCUT2D eigenvalue weighted by Gasteiger charge is 1.92. The van der Waals surface area contributed by atoms with Gasteiger partial charge < -0.3 is 4.90 Å². The lowest BCUT2D eigenvalue weighted by Crippen LogP contribution is -2.12. The third-order valence-electron chi connectivity index (χ3n) is 4.78. The lowest BCUT2D eigenvalue weighted by molar-refractivity contribution is 0.398. The van der Waals surface area contributed by atoms with Gasteiger partial charge in [-0.1, -0.05) is 116 Å². The first-order valence-corrected chi connectivity index (χ1v) is 12.9. The first-order chi connectivity index (χ1) is 15.4. The van der Waals surface area contributed by atoms with Crippen LogP contribution in [0, 0.1) is 5.82 Å². The molecule has 0 bridgehead atoms. The molecule has 0 saturated heterocycles. The van der Waals surface area contributed by atoms with Crippen molar-refractivity contribution in [2.45, 2.75) is 98.8 Å². The largest absolute Gasteiger partial charge is 0.309 e. The molecule has 2 rings (SSSR count). The van der Waals surface area contributed by atoms with Crippen molar-refractivity contribution in [3.8, 4) is 0 Å². The highest BCUT2D eigenvalue weighted by atomic mass is 19.1. The Morgan fingerprint density at radius 2 is 1.06 bits per heavy atom. The molecular weight excluding hydrogens is 393 g/mol. The average molecular weight is 446 g/mol. The maximum absolute atomic E-state index is 12.4. The van der Waals surface area contributed by atoms with Crippen molar-refractivity contribution in [1.82, 2.24) is 4.90 Å². The van der Waals surface area contributed by atoms with Crippen LogP contribution in [0.2, 0.25) is 0 Å². The van der Waals surface area contributed by atoms with Gasteiger partial charge in [0.2, 0.25) is 0 Å². The van der Waals surface area contributed by atoms with Gasteiger partial charge in [-0.2, -0.15) is 0 Å². The summed E-state index contributed by atoms with van der Waals surface area (Å²) in [4.78, 5) is 2.21. The third kappa shape index (κ3) is 24.6. The van der Waals surface area contributed by atoms with Crippen LogP contribution in [0.5, 0.6) is 0 Å². The van der Waals surface area contributed by atoms with Crippen molar-refractivity contribution in [2.24, 2.45) is 0 Å². The molecule has 0 radical (unpaired) electrons. The van der Waals surface area contributed by atoms with Crippen molar-refractivity contribution < 1.29 is 4.39 Å². The molecule has 0 aliphatic carbocycles.